The summed E-state index contributed by atoms with van der Waals surface area (Å²) in [6.45, 7) is 6.12. The molecule has 0 radical (unpaired) electrons. The number of imidazole rings is 2. The van der Waals surface area contributed by atoms with Crippen LogP contribution in [-0.2, 0) is 12.8 Å². The minimum atomic E-state index is -0.151. The van der Waals surface area contributed by atoms with Crippen LogP contribution in [0, 0.1) is 0 Å². The Morgan fingerprint density at radius 3 is 2.88 bits per heavy atom. The summed E-state index contributed by atoms with van der Waals surface area (Å²) in [6, 6.07) is -0.151. The van der Waals surface area contributed by atoms with E-state index in [0.29, 0.717) is 28.4 Å². The van der Waals surface area contributed by atoms with Crippen LogP contribution in [0.4, 0.5) is 0 Å². The minimum absolute atomic E-state index is 0.151. The van der Waals surface area contributed by atoms with E-state index in [1.54, 1.807) is 6.20 Å². The van der Waals surface area contributed by atoms with Gasteiger partial charge in [0.2, 0.25) is 5.89 Å². The van der Waals surface area contributed by atoms with E-state index in [0.717, 1.165) is 31.5 Å². The van der Waals surface area contributed by atoms with Gasteiger partial charge in [-0.2, -0.15) is 4.98 Å². The Morgan fingerprint density at radius 2 is 2.17 bits per heavy atom. The van der Waals surface area contributed by atoms with Gasteiger partial charge >= 0.3 is 0 Å². The van der Waals surface area contributed by atoms with E-state index in [4.69, 9.17) is 16.1 Å². The number of halogens is 1. The number of unbranched alkanes of at least 4 members (excludes halogenated alkanes) is 1. The third kappa shape index (κ3) is 3.21. The maximum atomic E-state index is 6.34. The van der Waals surface area contributed by atoms with Crippen LogP contribution in [0.15, 0.2) is 16.9 Å². The molecule has 1 N–H and O–H groups in total. The lowest BCUT2D eigenvalue weighted by Gasteiger charge is -2.11. The third-order valence-electron chi connectivity index (χ3n) is 3.93. The van der Waals surface area contributed by atoms with Crippen LogP contribution in [0.5, 0.6) is 0 Å². The fourth-order valence-corrected chi connectivity index (χ4v) is 2.75. The zero-order chi connectivity index (χ0) is 17.1. The SMILES string of the molecule is CCCCc1nc(-c2nccn2[C@@H](C)c2nc(CC)no2)c(Cl)[nH]1. The molecule has 0 unspecified atom stereocenters. The Labute approximate surface area is 145 Å². The molecule has 8 heteroatoms. The van der Waals surface area contributed by atoms with Gasteiger partial charge in [0, 0.05) is 25.2 Å². The molecule has 0 saturated carbocycles. The molecule has 24 heavy (non-hydrogen) atoms. The lowest BCUT2D eigenvalue weighted by Crippen LogP contribution is -2.08. The number of aryl methyl sites for hydroxylation is 2. The highest BCUT2D eigenvalue weighted by Crippen LogP contribution is 2.28. The standard InChI is InChI=1S/C16H21ClN6O/c1-4-6-7-12-19-13(14(17)20-12)15-18-8-9-23(15)10(3)16-21-11(5-2)22-24-16/h8-10H,4-7H2,1-3H3,(H,19,20)/t10-/m0/s1. The van der Waals surface area contributed by atoms with Gasteiger partial charge in [-0.25, -0.2) is 9.97 Å². The summed E-state index contributed by atoms with van der Waals surface area (Å²) in [5.41, 5.74) is 0.648. The van der Waals surface area contributed by atoms with E-state index in [1.807, 2.05) is 24.6 Å². The van der Waals surface area contributed by atoms with E-state index in [9.17, 15) is 0 Å². The summed E-state index contributed by atoms with van der Waals surface area (Å²) in [4.78, 5) is 16.6. The number of aromatic amines is 1. The normalized spacial score (nSPS) is 12.7. The van der Waals surface area contributed by atoms with Crippen molar-refractivity contribution in [3.8, 4) is 11.5 Å². The number of hydrogen-bond acceptors (Lipinski definition) is 5. The quantitative estimate of drug-likeness (QED) is 0.701. The average Bonchev–Trinajstić information content (AvgIpc) is 3.31. The summed E-state index contributed by atoms with van der Waals surface area (Å²) in [6.07, 6.45) is 7.37. The van der Waals surface area contributed by atoms with Crippen LogP contribution in [-0.4, -0.2) is 29.7 Å². The third-order valence-corrected chi connectivity index (χ3v) is 4.20. The summed E-state index contributed by atoms with van der Waals surface area (Å²) >= 11 is 6.34. The Morgan fingerprint density at radius 1 is 1.33 bits per heavy atom. The van der Waals surface area contributed by atoms with Gasteiger partial charge in [-0.1, -0.05) is 37.0 Å². The first kappa shape index (κ1) is 16.7. The minimum Gasteiger partial charge on any atom is -0.337 e. The van der Waals surface area contributed by atoms with Crippen molar-refractivity contribution in [2.75, 3.05) is 0 Å². The Hall–Kier alpha value is -2.15. The Kier molecular flexibility index (Phi) is 4.99. The molecule has 0 aliphatic carbocycles. The number of hydrogen-bond donors (Lipinski definition) is 1. The topological polar surface area (TPSA) is 85.4 Å². The zero-order valence-electron chi connectivity index (χ0n) is 14.1. The highest BCUT2D eigenvalue weighted by Gasteiger charge is 2.22. The highest BCUT2D eigenvalue weighted by molar-refractivity contribution is 6.31. The van der Waals surface area contributed by atoms with Crippen molar-refractivity contribution in [3.05, 3.63) is 35.1 Å². The second-order valence-corrected chi connectivity index (χ2v) is 6.06. The van der Waals surface area contributed by atoms with Crippen molar-refractivity contribution < 1.29 is 4.52 Å². The van der Waals surface area contributed by atoms with Crippen molar-refractivity contribution >= 4 is 11.6 Å². The Bertz CT molecular complexity index is 805. The van der Waals surface area contributed by atoms with E-state index < -0.39 is 0 Å². The summed E-state index contributed by atoms with van der Waals surface area (Å²) in [5, 5.41) is 4.46. The van der Waals surface area contributed by atoms with E-state index in [2.05, 4.69) is 32.0 Å². The molecule has 0 fully saturated rings. The lowest BCUT2D eigenvalue weighted by atomic mass is 10.2. The smallest absolute Gasteiger partial charge is 0.249 e. The monoisotopic (exact) mass is 348 g/mol. The molecule has 3 heterocycles. The summed E-state index contributed by atoms with van der Waals surface area (Å²) in [7, 11) is 0. The molecule has 3 rings (SSSR count). The molecule has 3 aromatic heterocycles. The number of aromatic nitrogens is 6. The van der Waals surface area contributed by atoms with Gasteiger partial charge in [-0.05, 0) is 13.3 Å². The molecule has 0 saturated heterocycles. The maximum Gasteiger partial charge on any atom is 0.249 e. The van der Waals surface area contributed by atoms with Gasteiger partial charge in [0.15, 0.2) is 11.6 Å². The lowest BCUT2D eigenvalue weighted by molar-refractivity contribution is 0.343. The second-order valence-electron chi connectivity index (χ2n) is 5.69. The Balaban J connectivity index is 1.91. The largest absolute Gasteiger partial charge is 0.337 e. The van der Waals surface area contributed by atoms with Crippen LogP contribution in [0.25, 0.3) is 11.5 Å². The van der Waals surface area contributed by atoms with Crippen molar-refractivity contribution in [1.29, 1.82) is 0 Å². The van der Waals surface area contributed by atoms with Crippen molar-refractivity contribution in [3.63, 3.8) is 0 Å². The fourth-order valence-electron chi connectivity index (χ4n) is 2.52. The number of H-pyrrole nitrogens is 1. The zero-order valence-corrected chi connectivity index (χ0v) is 14.8. The molecule has 0 spiro atoms. The van der Waals surface area contributed by atoms with E-state index in [-0.39, 0.29) is 6.04 Å². The molecule has 0 aromatic carbocycles. The molecule has 0 aliphatic rings. The summed E-state index contributed by atoms with van der Waals surface area (Å²) < 4.78 is 7.29. The van der Waals surface area contributed by atoms with Crippen LogP contribution in [0.1, 0.15) is 57.2 Å². The maximum absolute atomic E-state index is 6.34. The average molecular weight is 349 g/mol. The molecule has 7 nitrogen and oxygen atoms in total. The molecule has 0 aliphatic heterocycles. The van der Waals surface area contributed by atoms with Gasteiger partial charge in [0.05, 0.1) is 0 Å². The van der Waals surface area contributed by atoms with Crippen LogP contribution in [0.3, 0.4) is 0 Å². The van der Waals surface area contributed by atoms with Crippen LogP contribution < -0.4 is 0 Å². The first-order valence-corrected chi connectivity index (χ1v) is 8.61. The van der Waals surface area contributed by atoms with Crippen molar-refractivity contribution in [2.24, 2.45) is 0 Å². The van der Waals surface area contributed by atoms with Gasteiger partial charge in [0.1, 0.15) is 22.7 Å². The second kappa shape index (κ2) is 7.17. The number of nitrogens with one attached hydrogen (secondary N) is 1. The van der Waals surface area contributed by atoms with Crippen molar-refractivity contribution in [1.82, 2.24) is 29.7 Å². The first-order valence-electron chi connectivity index (χ1n) is 8.24. The predicted octanol–water partition coefficient (Wildman–Crippen LogP) is 3.82. The fraction of sp³-hybridized carbons (Fsp3) is 0.500. The molecule has 0 amide bonds. The van der Waals surface area contributed by atoms with E-state index in [1.165, 1.54) is 0 Å². The molecular weight excluding hydrogens is 328 g/mol. The van der Waals surface area contributed by atoms with Crippen LogP contribution in [0.2, 0.25) is 5.15 Å². The molecule has 0 bridgehead atoms. The molecule has 3 aromatic rings. The predicted molar refractivity (Wildman–Crippen MR) is 90.9 cm³/mol. The molecular formula is C16H21ClN6O. The highest BCUT2D eigenvalue weighted by atomic mass is 35.5. The number of nitrogens with zero attached hydrogens (tertiary/aromatic N) is 5. The van der Waals surface area contributed by atoms with Crippen LogP contribution >= 0.6 is 11.6 Å². The van der Waals surface area contributed by atoms with Gasteiger partial charge in [-0.15, -0.1) is 0 Å². The first-order chi connectivity index (χ1) is 11.6. The molecule has 128 valence electrons. The van der Waals surface area contributed by atoms with E-state index >= 15 is 0 Å². The van der Waals surface area contributed by atoms with Gasteiger partial charge in [-0.3, -0.25) is 0 Å². The van der Waals surface area contributed by atoms with Crippen molar-refractivity contribution in [2.45, 2.75) is 52.5 Å². The van der Waals surface area contributed by atoms with Gasteiger partial charge in [0.25, 0.3) is 0 Å². The molecule has 1 atom stereocenters. The number of rotatable bonds is 7. The summed E-state index contributed by atoms with van der Waals surface area (Å²) in [5.74, 6) is 2.80. The van der Waals surface area contributed by atoms with Gasteiger partial charge < -0.3 is 14.1 Å².